The highest BCUT2D eigenvalue weighted by atomic mass is 16.4. The molecule has 0 aliphatic carbocycles. The second kappa shape index (κ2) is 7.24. The van der Waals surface area contributed by atoms with Crippen LogP contribution < -0.4 is 5.32 Å². The fourth-order valence-electron chi connectivity index (χ4n) is 2.40. The molecule has 7 heteroatoms. The van der Waals surface area contributed by atoms with Crippen LogP contribution in [0.2, 0.25) is 0 Å². The third kappa shape index (κ3) is 4.57. The number of rotatable bonds is 6. The zero-order chi connectivity index (χ0) is 15.2. The van der Waals surface area contributed by atoms with Crippen LogP contribution in [0.15, 0.2) is 22.8 Å². The van der Waals surface area contributed by atoms with Crippen molar-refractivity contribution in [1.29, 1.82) is 0 Å². The summed E-state index contributed by atoms with van der Waals surface area (Å²) in [5, 5.41) is 11.6. The van der Waals surface area contributed by atoms with Crippen LogP contribution in [-0.4, -0.2) is 65.5 Å². The van der Waals surface area contributed by atoms with E-state index in [1.165, 1.54) is 0 Å². The van der Waals surface area contributed by atoms with Gasteiger partial charge in [-0.1, -0.05) is 0 Å². The van der Waals surface area contributed by atoms with Crippen molar-refractivity contribution in [3.8, 4) is 0 Å². The van der Waals surface area contributed by atoms with Crippen molar-refractivity contribution in [2.45, 2.75) is 19.5 Å². The van der Waals surface area contributed by atoms with E-state index in [-0.39, 0.29) is 18.5 Å². The SMILES string of the molecule is CC(C(=O)NCc1ccco1)N1CCN(CC(=O)O)CC1. The highest BCUT2D eigenvalue weighted by Crippen LogP contribution is 2.07. The van der Waals surface area contributed by atoms with Gasteiger partial charge in [-0.15, -0.1) is 0 Å². The van der Waals surface area contributed by atoms with Crippen LogP contribution in [0.25, 0.3) is 0 Å². The molecule has 2 rings (SSSR count). The number of carboxylic acids is 1. The highest BCUT2D eigenvalue weighted by molar-refractivity contribution is 5.81. The van der Waals surface area contributed by atoms with E-state index < -0.39 is 5.97 Å². The normalized spacial score (nSPS) is 18.3. The molecule has 1 aromatic rings. The number of carbonyl (C=O) groups is 2. The monoisotopic (exact) mass is 295 g/mol. The van der Waals surface area contributed by atoms with Crippen molar-refractivity contribution in [3.05, 3.63) is 24.2 Å². The van der Waals surface area contributed by atoms with Gasteiger partial charge >= 0.3 is 5.97 Å². The van der Waals surface area contributed by atoms with Gasteiger partial charge in [0.25, 0.3) is 0 Å². The van der Waals surface area contributed by atoms with Crippen LogP contribution in [-0.2, 0) is 16.1 Å². The molecular formula is C14H21N3O4. The molecule has 2 heterocycles. The standard InChI is InChI=1S/C14H21N3O4/c1-11(14(20)15-9-12-3-2-8-21-12)17-6-4-16(5-7-17)10-13(18)19/h2-3,8,11H,4-7,9-10H2,1H3,(H,15,20)(H,18,19). The molecule has 2 N–H and O–H groups in total. The zero-order valence-corrected chi connectivity index (χ0v) is 12.1. The first-order valence-corrected chi connectivity index (χ1v) is 7.04. The van der Waals surface area contributed by atoms with E-state index in [1.54, 1.807) is 12.3 Å². The number of carboxylic acid groups (broad SMARTS) is 1. The van der Waals surface area contributed by atoms with Crippen molar-refractivity contribution in [3.63, 3.8) is 0 Å². The molecule has 1 fully saturated rings. The van der Waals surface area contributed by atoms with Crippen LogP contribution in [0.3, 0.4) is 0 Å². The van der Waals surface area contributed by atoms with Crippen LogP contribution in [0, 0.1) is 0 Å². The summed E-state index contributed by atoms with van der Waals surface area (Å²) >= 11 is 0. The average Bonchev–Trinajstić information content (AvgIpc) is 2.97. The minimum absolute atomic E-state index is 0.0434. The Balaban J connectivity index is 1.74. The van der Waals surface area contributed by atoms with Crippen LogP contribution in [0.1, 0.15) is 12.7 Å². The number of hydrogen-bond acceptors (Lipinski definition) is 5. The molecule has 0 aromatic carbocycles. The van der Waals surface area contributed by atoms with E-state index in [0.717, 1.165) is 5.76 Å². The lowest BCUT2D eigenvalue weighted by Crippen LogP contribution is -2.54. The Morgan fingerprint density at radius 3 is 2.67 bits per heavy atom. The van der Waals surface area contributed by atoms with Crippen LogP contribution >= 0.6 is 0 Å². The van der Waals surface area contributed by atoms with Crippen LogP contribution in [0.5, 0.6) is 0 Å². The second-order valence-electron chi connectivity index (χ2n) is 5.18. The largest absolute Gasteiger partial charge is 0.480 e. The summed E-state index contributed by atoms with van der Waals surface area (Å²) in [6.07, 6.45) is 1.58. The van der Waals surface area contributed by atoms with Crippen LogP contribution in [0.4, 0.5) is 0 Å². The fourth-order valence-corrected chi connectivity index (χ4v) is 2.40. The number of furan rings is 1. The van der Waals surface area contributed by atoms with E-state index in [4.69, 9.17) is 9.52 Å². The summed E-state index contributed by atoms with van der Waals surface area (Å²) in [4.78, 5) is 26.7. The van der Waals surface area contributed by atoms with Gasteiger partial charge < -0.3 is 14.8 Å². The van der Waals surface area contributed by atoms with Crippen molar-refractivity contribution in [1.82, 2.24) is 15.1 Å². The molecule has 1 amide bonds. The smallest absolute Gasteiger partial charge is 0.317 e. The molecule has 1 atom stereocenters. The maximum Gasteiger partial charge on any atom is 0.317 e. The average molecular weight is 295 g/mol. The minimum Gasteiger partial charge on any atom is -0.480 e. The molecule has 1 aromatic heterocycles. The summed E-state index contributed by atoms with van der Waals surface area (Å²) in [5.74, 6) is -0.132. The predicted octanol–water partition coefficient (Wildman–Crippen LogP) is -0.0135. The molecule has 7 nitrogen and oxygen atoms in total. The van der Waals surface area contributed by atoms with E-state index in [9.17, 15) is 9.59 Å². The van der Waals surface area contributed by atoms with Crippen molar-refractivity contribution in [2.75, 3.05) is 32.7 Å². The molecule has 116 valence electrons. The van der Waals surface area contributed by atoms with Gasteiger partial charge in [-0.3, -0.25) is 19.4 Å². The summed E-state index contributed by atoms with van der Waals surface area (Å²) in [7, 11) is 0. The fraction of sp³-hybridized carbons (Fsp3) is 0.571. The lowest BCUT2D eigenvalue weighted by atomic mass is 10.2. The molecule has 0 bridgehead atoms. The third-order valence-electron chi connectivity index (χ3n) is 3.71. The quantitative estimate of drug-likeness (QED) is 0.767. The molecule has 1 aliphatic rings. The summed E-state index contributed by atoms with van der Waals surface area (Å²) in [6.45, 7) is 5.04. The summed E-state index contributed by atoms with van der Waals surface area (Å²) in [6, 6.07) is 3.37. The minimum atomic E-state index is -0.812. The topological polar surface area (TPSA) is 86.0 Å². The summed E-state index contributed by atoms with van der Waals surface area (Å²) in [5.41, 5.74) is 0. The molecule has 21 heavy (non-hydrogen) atoms. The van der Waals surface area contributed by atoms with Crippen molar-refractivity contribution in [2.24, 2.45) is 0 Å². The number of amides is 1. The Labute approximate surface area is 123 Å². The Hall–Kier alpha value is -1.86. The first-order chi connectivity index (χ1) is 10.1. The highest BCUT2D eigenvalue weighted by Gasteiger charge is 2.26. The number of piperazine rings is 1. The molecule has 1 aliphatic heterocycles. The maximum atomic E-state index is 12.1. The molecular weight excluding hydrogens is 274 g/mol. The number of hydrogen-bond donors (Lipinski definition) is 2. The van der Waals surface area contributed by atoms with Gasteiger partial charge in [0.1, 0.15) is 5.76 Å². The van der Waals surface area contributed by atoms with Gasteiger partial charge in [0.05, 0.1) is 25.4 Å². The third-order valence-corrected chi connectivity index (χ3v) is 3.71. The lowest BCUT2D eigenvalue weighted by Gasteiger charge is -2.36. The first-order valence-electron chi connectivity index (χ1n) is 7.04. The Kier molecular flexibility index (Phi) is 5.35. The number of aliphatic carboxylic acids is 1. The Morgan fingerprint density at radius 2 is 2.10 bits per heavy atom. The lowest BCUT2D eigenvalue weighted by molar-refractivity contribution is -0.139. The molecule has 1 saturated heterocycles. The number of nitrogens with zero attached hydrogens (tertiary/aromatic N) is 2. The molecule has 0 spiro atoms. The van der Waals surface area contributed by atoms with Gasteiger partial charge in [0, 0.05) is 26.2 Å². The van der Waals surface area contributed by atoms with Gasteiger partial charge in [0.15, 0.2) is 0 Å². The Bertz CT molecular complexity index is 467. The zero-order valence-electron chi connectivity index (χ0n) is 12.1. The molecule has 0 saturated carbocycles. The second-order valence-corrected chi connectivity index (χ2v) is 5.18. The van der Waals surface area contributed by atoms with Crippen molar-refractivity contribution < 1.29 is 19.1 Å². The van der Waals surface area contributed by atoms with E-state index in [1.807, 2.05) is 17.9 Å². The van der Waals surface area contributed by atoms with E-state index in [2.05, 4.69) is 10.2 Å². The predicted molar refractivity (Wildman–Crippen MR) is 75.7 cm³/mol. The molecule has 1 unspecified atom stereocenters. The first kappa shape index (κ1) is 15.5. The van der Waals surface area contributed by atoms with Gasteiger partial charge in [-0.25, -0.2) is 0 Å². The Morgan fingerprint density at radius 1 is 1.38 bits per heavy atom. The number of carbonyl (C=O) groups excluding carboxylic acids is 1. The summed E-state index contributed by atoms with van der Waals surface area (Å²) < 4.78 is 5.17. The van der Waals surface area contributed by atoms with Gasteiger partial charge in [-0.2, -0.15) is 0 Å². The maximum absolute atomic E-state index is 12.1. The molecule has 0 radical (unpaired) electrons. The van der Waals surface area contributed by atoms with Crippen molar-refractivity contribution >= 4 is 11.9 Å². The van der Waals surface area contributed by atoms with Gasteiger partial charge in [0.2, 0.25) is 5.91 Å². The number of nitrogens with one attached hydrogen (secondary N) is 1. The van der Waals surface area contributed by atoms with E-state index in [0.29, 0.717) is 32.7 Å². The van der Waals surface area contributed by atoms with E-state index >= 15 is 0 Å². The van der Waals surface area contributed by atoms with Gasteiger partial charge in [-0.05, 0) is 19.1 Å².